The van der Waals surface area contributed by atoms with Gasteiger partial charge in [-0.1, -0.05) is 44.6 Å². The van der Waals surface area contributed by atoms with Gasteiger partial charge in [0, 0.05) is 0 Å². The Labute approximate surface area is 199 Å². The third-order valence-corrected chi connectivity index (χ3v) is 11.1. The molecule has 3 fully saturated rings. The van der Waals surface area contributed by atoms with Crippen LogP contribution in [0.15, 0.2) is 35.9 Å². The van der Waals surface area contributed by atoms with E-state index in [1.165, 1.54) is 37.0 Å². The van der Waals surface area contributed by atoms with Gasteiger partial charge in [-0.3, -0.25) is 0 Å². The number of hydrogen-bond donors (Lipinski definition) is 2. The summed E-state index contributed by atoms with van der Waals surface area (Å²) in [6.07, 6.45) is 13.7. The molecular formula is C30H43FO2. The molecule has 1 aromatic carbocycles. The molecule has 2 nitrogen and oxygen atoms in total. The van der Waals surface area contributed by atoms with Gasteiger partial charge in [0.25, 0.3) is 0 Å². The molecule has 0 amide bonds. The van der Waals surface area contributed by atoms with Gasteiger partial charge in [0.1, 0.15) is 5.82 Å². The summed E-state index contributed by atoms with van der Waals surface area (Å²) in [6.45, 7) is 7.13. The Balaban J connectivity index is 1.36. The molecule has 0 radical (unpaired) electrons. The van der Waals surface area contributed by atoms with E-state index in [0.29, 0.717) is 11.8 Å². The van der Waals surface area contributed by atoms with Crippen LogP contribution in [0.5, 0.6) is 0 Å². The number of halogens is 1. The van der Waals surface area contributed by atoms with Gasteiger partial charge < -0.3 is 10.2 Å². The van der Waals surface area contributed by atoms with Crippen molar-refractivity contribution in [3.63, 3.8) is 0 Å². The van der Waals surface area contributed by atoms with Crippen LogP contribution in [-0.2, 0) is 6.42 Å². The summed E-state index contributed by atoms with van der Waals surface area (Å²) >= 11 is 0. The van der Waals surface area contributed by atoms with E-state index < -0.39 is 5.60 Å². The normalized spacial score (nSPS) is 42.0. The van der Waals surface area contributed by atoms with Crippen LogP contribution in [0.4, 0.5) is 4.39 Å². The van der Waals surface area contributed by atoms with Crippen molar-refractivity contribution in [3.8, 4) is 0 Å². The van der Waals surface area contributed by atoms with E-state index in [1.54, 1.807) is 0 Å². The van der Waals surface area contributed by atoms with Crippen LogP contribution in [0.3, 0.4) is 0 Å². The maximum absolute atomic E-state index is 13.3. The highest BCUT2D eigenvalue weighted by atomic mass is 19.1. The fourth-order valence-electron chi connectivity index (χ4n) is 9.13. The lowest BCUT2D eigenvalue weighted by atomic mass is 9.46. The summed E-state index contributed by atoms with van der Waals surface area (Å²) < 4.78 is 13.3. The maximum atomic E-state index is 13.3. The van der Waals surface area contributed by atoms with E-state index in [1.807, 2.05) is 12.1 Å². The molecular weight excluding hydrogens is 411 g/mol. The lowest BCUT2D eigenvalue weighted by Gasteiger charge is -2.59. The van der Waals surface area contributed by atoms with Crippen molar-refractivity contribution in [1.29, 1.82) is 0 Å². The predicted molar refractivity (Wildman–Crippen MR) is 131 cm³/mol. The number of rotatable bonds is 5. The van der Waals surface area contributed by atoms with E-state index >= 15 is 0 Å². The lowest BCUT2D eigenvalue weighted by molar-refractivity contribution is -0.114. The molecule has 0 spiro atoms. The van der Waals surface area contributed by atoms with Crippen LogP contribution in [0.25, 0.3) is 0 Å². The number of aliphatic hydroxyl groups excluding tert-OH is 1. The second-order valence-corrected chi connectivity index (χ2v) is 12.4. The maximum Gasteiger partial charge on any atom is 0.123 e. The van der Waals surface area contributed by atoms with Crippen LogP contribution in [0.2, 0.25) is 0 Å². The van der Waals surface area contributed by atoms with Gasteiger partial charge >= 0.3 is 0 Å². The molecule has 1 aromatic rings. The number of hydrogen-bond acceptors (Lipinski definition) is 2. The highest BCUT2D eigenvalue weighted by Crippen LogP contribution is 2.68. The highest BCUT2D eigenvalue weighted by Gasteiger charge is 2.61. The summed E-state index contributed by atoms with van der Waals surface area (Å²) in [7, 11) is 0. The minimum absolute atomic E-state index is 0.147. The zero-order valence-corrected chi connectivity index (χ0v) is 20.8. The van der Waals surface area contributed by atoms with Crippen LogP contribution >= 0.6 is 0 Å². The lowest BCUT2D eigenvalue weighted by Crippen LogP contribution is -2.53. The van der Waals surface area contributed by atoms with Crippen molar-refractivity contribution in [2.45, 2.75) is 103 Å². The topological polar surface area (TPSA) is 40.5 Å². The van der Waals surface area contributed by atoms with Gasteiger partial charge in [-0.25, -0.2) is 4.39 Å². The molecule has 0 saturated heterocycles. The van der Waals surface area contributed by atoms with Crippen molar-refractivity contribution in [2.75, 3.05) is 0 Å². The number of aryl methyl sites for hydroxylation is 1. The summed E-state index contributed by atoms with van der Waals surface area (Å²) in [5.74, 6) is 2.28. The molecule has 33 heavy (non-hydrogen) atoms. The molecule has 3 saturated carbocycles. The Morgan fingerprint density at radius 2 is 1.79 bits per heavy atom. The number of aliphatic hydroxyl groups is 2. The van der Waals surface area contributed by atoms with E-state index in [0.717, 1.165) is 68.8 Å². The van der Waals surface area contributed by atoms with E-state index in [-0.39, 0.29) is 22.8 Å². The van der Waals surface area contributed by atoms with Gasteiger partial charge in [-0.2, -0.15) is 0 Å². The molecule has 4 aliphatic carbocycles. The molecule has 8 atom stereocenters. The van der Waals surface area contributed by atoms with E-state index in [4.69, 9.17) is 0 Å². The van der Waals surface area contributed by atoms with Gasteiger partial charge in [0.2, 0.25) is 0 Å². The summed E-state index contributed by atoms with van der Waals surface area (Å²) in [4.78, 5) is 0. The predicted octanol–water partition coefficient (Wildman–Crippen LogP) is 6.84. The molecule has 182 valence electrons. The largest absolute Gasteiger partial charge is 0.393 e. The van der Waals surface area contributed by atoms with Crippen LogP contribution in [0, 0.1) is 40.3 Å². The summed E-state index contributed by atoms with van der Waals surface area (Å²) in [6, 6.07) is 6.79. The van der Waals surface area contributed by atoms with Crippen LogP contribution < -0.4 is 0 Å². The monoisotopic (exact) mass is 454 g/mol. The Bertz CT molecular complexity index is 893. The standard InChI is InChI=1S/C30H43FO2/c1-4-30(33,18-13-20-5-8-22(31)9-6-20)27-12-11-25-24-10-7-21-19-23(32)14-16-28(21,2)26(24)15-17-29(25,27)3/h5-9,23-27,32-33H,4,10-19H2,1-3H3/t23-,24-,25-,26-,27-,28-,29-,30+/m0/s1. The number of fused-ring (bicyclic) bond motifs is 5. The zero-order chi connectivity index (χ0) is 23.4. The van der Waals surface area contributed by atoms with Crippen molar-refractivity contribution < 1.29 is 14.6 Å². The molecule has 4 aliphatic rings. The van der Waals surface area contributed by atoms with Crippen molar-refractivity contribution >= 4 is 0 Å². The molecule has 0 bridgehead atoms. The molecule has 3 heteroatoms. The van der Waals surface area contributed by atoms with E-state index in [9.17, 15) is 14.6 Å². The fourth-order valence-corrected chi connectivity index (χ4v) is 9.13. The van der Waals surface area contributed by atoms with Crippen molar-refractivity contribution in [3.05, 3.63) is 47.3 Å². The molecule has 0 aromatic heterocycles. The molecule has 5 rings (SSSR count). The molecule has 0 aliphatic heterocycles. The SMILES string of the molecule is CC[C@@](O)(CCc1ccc(F)cc1)[C@H]1CC[C@H]2[C@@H]3CC=C4C[C@@H](O)CC[C@]4(C)[C@H]3CC[C@]12C. The molecule has 2 N–H and O–H groups in total. The fraction of sp³-hybridized carbons (Fsp3) is 0.733. The summed E-state index contributed by atoms with van der Waals surface area (Å²) in [5.41, 5.74) is 2.46. The van der Waals surface area contributed by atoms with Gasteiger partial charge in [0.15, 0.2) is 0 Å². The second-order valence-electron chi connectivity index (χ2n) is 12.4. The smallest absolute Gasteiger partial charge is 0.123 e. The Hall–Kier alpha value is -1.19. The highest BCUT2D eigenvalue weighted by molar-refractivity contribution is 5.26. The first-order chi connectivity index (χ1) is 15.7. The minimum Gasteiger partial charge on any atom is -0.393 e. The van der Waals surface area contributed by atoms with Crippen LogP contribution in [-0.4, -0.2) is 21.9 Å². The van der Waals surface area contributed by atoms with E-state index in [2.05, 4.69) is 26.8 Å². The number of allylic oxidation sites excluding steroid dienone is 1. The third-order valence-electron chi connectivity index (χ3n) is 11.1. The van der Waals surface area contributed by atoms with Gasteiger partial charge in [-0.05, 0) is 123 Å². The quantitative estimate of drug-likeness (QED) is 0.478. The minimum atomic E-state index is -0.654. The van der Waals surface area contributed by atoms with Gasteiger partial charge in [0.05, 0.1) is 11.7 Å². The Morgan fingerprint density at radius 1 is 1.03 bits per heavy atom. The first kappa shape index (κ1) is 23.5. The van der Waals surface area contributed by atoms with Crippen LogP contribution in [0.1, 0.15) is 90.5 Å². The second kappa shape index (κ2) is 8.48. The molecule has 0 heterocycles. The zero-order valence-electron chi connectivity index (χ0n) is 20.8. The van der Waals surface area contributed by atoms with Crippen molar-refractivity contribution in [2.24, 2.45) is 34.5 Å². The number of benzene rings is 1. The average molecular weight is 455 g/mol. The first-order valence-corrected chi connectivity index (χ1v) is 13.5. The first-order valence-electron chi connectivity index (χ1n) is 13.5. The third kappa shape index (κ3) is 3.82. The Kier molecular flexibility index (Phi) is 6.05. The molecule has 0 unspecified atom stereocenters. The summed E-state index contributed by atoms with van der Waals surface area (Å²) in [5, 5.41) is 22.2. The van der Waals surface area contributed by atoms with Crippen molar-refractivity contribution in [1.82, 2.24) is 0 Å². The Morgan fingerprint density at radius 3 is 2.52 bits per heavy atom. The average Bonchev–Trinajstić information content (AvgIpc) is 3.17. The van der Waals surface area contributed by atoms with Gasteiger partial charge in [-0.15, -0.1) is 0 Å².